The topological polar surface area (TPSA) is 12.0 Å². The van der Waals surface area contributed by atoms with Crippen molar-refractivity contribution in [1.29, 1.82) is 0 Å². The van der Waals surface area contributed by atoms with E-state index in [2.05, 4.69) is 37.4 Å². The number of aryl methyl sites for hydroxylation is 2. The van der Waals surface area contributed by atoms with Gasteiger partial charge in [0.1, 0.15) is 0 Å². The van der Waals surface area contributed by atoms with Crippen LogP contribution in [0.25, 0.3) is 0 Å². The minimum atomic E-state index is 0.639. The molecule has 0 spiro atoms. The molecule has 1 unspecified atom stereocenters. The third kappa shape index (κ3) is 2.50. The van der Waals surface area contributed by atoms with Gasteiger partial charge in [-0.1, -0.05) is 31.5 Å². The lowest BCUT2D eigenvalue weighted by molar-refractivity contribution is 0.680. The van der Waals surface area contributed by atoms with Gasteiger partial charge < -0.3 is 5.32 Å². The maximum atomic E-state index is 3.49. The Hall–Kier alpha value is -0.980. The van der Waals surface area contributed by atoms with Crippen molar-refractivity contribution in [3.8, 4) is 0 Å². The lowest BCUT2D eigenvalue weighted by Crippen LogP contribution is -2.21. The van der Waals surface area contributed by atoms with Crippen LogP contribution in [0.3, 0.4) is 0 Å². The molecule has 1 atom stereocenters. The average Bonchev–Trinajstić information content (AvgIpc) is 2.21. The maximum Gasteiger partial charge on any atom is 0.0374 e. The Morgan fingerprint density at radius 1 is 1.29 bits per heavy atom. The predicted molar refractivity (Wildman–Crippen MR) is 63.9 cm³/mol. The van der Waals surface area contributed by atoms with Gasteiger partial charge >= 0.3 is 0 Å². The van der Waals surface area contributed by atoms with E-state index in [1.807, 2.05) is 13.8 Å². The Balaban J connectivity index is 0.000000461. The summed E-state index contributed by atoms with van der Waals surface area (Å²) in [5.74, 6) is 0. The summed E-state index contributed by atoms with van der Waals surface area (Å²) in [5, 5.41) is 3.49. The number of fused-ring (bicyclic) bond motifs is 1. The van der Waals surface area contributed by atoms with Crippen molar-refractivity contribution in [3.05, 3.63) is 29.3 Å². The van der Waals surface area contributed by atoms with Crippen LogP contribution in [0.2, 0.25) is 0 Å². The van der Waals surface area contributed by atoms with E-state index in [0.29, 0.717) is 6.04 Å². The van der Waals surface area contributed by atoms with Gasteiger partial charge in [0, 0.05) is 11.7 Å². The first-order valence-electron chi connectivity index (χ1n) is 5.62. The highest BCUT2D eigenvalue weighted by Gasteiger charge is 2.12. The van der Waals surface area contributed by atoms with Crippen LogP contribution in [0.15, 0.2) is 18.2 Å². The second-order valence-corrected chi connectivity index (χ2v) is 3.74. The zero-order valence-corrected chi connectivity index (χ0v) is 9.72. The molecule has 1 aliphatic heterocycles. The van der Waals surface area contributed by atoms with Gasteiger partial charge in [-0.25, -0.2) is 0 Å². The number of rotatable bonds is 0. The molecule has 0 fully saturated rings. The van der Waals surface area contributed by atoms with Gasteiger partial charge in [0.15, 0.2) is 0 Å². The van der Waals surface area contributed by atoms with Crippen LogP contribution in [-0.4, -0.2) is 6.04 Å². The van der Waals surface area contributed by atoms with Crippen molar-refractivity contribution < 1.29 is 0 Å². The highest BCUT2D eigenvalue weighted by Crippen LogP contribution is 2.25. The van der Waals surface area contributed by atoms with E-state index in [-0.39, 0.29) is 0 Å². The third-order valence-corrected chi connectivity index (χ3v) is 2.51. The van der Waals surface area contributed by atoms with Crippen LogP contribution >= 0.6 is 0 Å². The largest absolute Gasteiger partial charge is 0.382 e. The zero-order chi connectivity index (χ0) is 10.6. The van der Waals surface area contributed by atoms with Crippen LogP contribution in [0.4, 0.5) is 5.69 Å². The molecule has 0 amide bonds. The summed E-state index contributed by atoms with van der Waals surface area (Å²) in [7, 11) is 0. The molecule has 0 aliphatic carbocycles. The molecular weight excluding hydrogens is 170 g/mol. The molecule has 0 saturated heterocycles. The average molecular weight is 191 g/mol. The SMILES string of the molecule is CC.Cc1ccc2c(c1)CCC(C)N2. The molecule has 1 aromatic carbocycles. The lowest BCUT2D eigenvalue weighted by atomic mass is 9.97. The summed E-state index contributed by atoms with van der Waals surface area (Å²) in [6.45, 7) is 8.39. The molecule has 1 aromatic rings. The van der Waals surface area contributed by atoms with Crippen molar-refractivity contribution in [2.45, 2.75) is 46.6 Å². The van der Waals surface area contributed by atoms with E-state index in [0.717, 1.165) is 0 Å². The molecular formula is C13H21N. The minimum Gasteiger partial charge on any atom is -0.382 e. The van der Waals surface area contributed by atoms with Gasteiger partial charge in [0.25, 0.3) is 0 Å². The maximum absolute atomic E-state index is 3.49. The minimum absolute atomic E-state index is 0.639. The number of hydrogen-bond acceptors (Lipinski definition) is 1. The monoisotopic (exact) mass is 191 g/mol. The molecule has 1 N–H and O–H groups in total. The molecule has 0 saturated carbocycles. The molecule has 2 rings (SSSR count). The normalized spacial score (nSPS) is 18.7. The molecule has 78 valence electrons. The quantitative estimate of drug-likeness (QED) is 0.658. The second kappa shape index (κ2) is 5.04. The molecule has 1 nitrogen and oxygen atoms in total. The van der Waals surface area contributed by atoms with Gasteiger partial charge in [0.2, 0.25) is 0 Å². The fraction of sp³-hybridized carbons (Fsp3) is 0.538. The van der Waals surface area contributed by atoms with E-state index in [1.54, 1.807) is 0 Å². The smallest absolute Gasteiger partial charge is 0.0374 e. The number of benzene rings is 1. The van der Waals surface area contributed by atoms with Crippen LogP contribution in [0.5, 0.6) is 0 Å². The van der Waals surface area contributed by atoms with Crippen LogP contribution in [0, 0.1) is 6.92 Å². The molecule has 1 aliphatic rings. The fourth-order valence-corrected chi connectivity index (χ4v) is 1.78. The Kier molecular flexibility index (Phi) is 3.99. The van der Waals surface area contributed by atoms with E-state index in [1.165, 1.54) is 29.7 Å². The molecule has 0 bridgehead atoms. The highest BCUT2D eigenvalue weighted by atomic mass is 14.9. The van der Waals surface area contributed by atoms with Crippen molar-refractivity contribution in [3.63, 3.8) is 0 Å². The van der Waals surface area contributed by atoms with Crippen molar-refractivity contribution in [2.24, 2.45) is 0 Å². The first kappa shape index (κ1) is 11.1. The second-order valence-electron chi connectivity index (χ2n) is 3.74. The third-order valence-electron chi connectivity index (χ3n) is 2.51. The Bertz CT molecular complexity index is 291. The van der Waals surface area contributed by atoms with Gasteiger partial charge in [-0.3, -0.25) is 0 Å². The van der Waals surface area contributed by atoms with Gasteiger partial charge in [-0.15, -0.1) is 0 Å². The summed E-state index contributed by atoms with van der Waals surface area (Å²) in [6, 6.07) is 7.29. The lowest BCUT2D eigenvalue weighted by Gasteiger charge is -2.24. The first-order chi connectivity index (χ1) is 6.75. The van der Waals surface area contributed by atoms with Crippen LogP contribution in [0.1, 0.15) is 38.3 Å². The highest BCUT2D eigenvalue weighted by molar-refractivity contribution is 5.54. The standard InChI is InChI=1S/C11H15N.C2H6/c1-8-3-6-11-10(7-8)5-4-9(2)12-11;1-2/h3,6-7,9,12H,4-5H2,1-2H3;1-2H3. The van der Waals surface area contributed by atoms with Crippen LogP contribution < -0.4 is 5.32 Å². The van der Waals surface area contributed by atoms with Crippen molar-refractivity contribution >= 4 is 5.69 Å². The Morgan fingerprint density at radius 3 is 2.71 bits per heavy atom. The Labute approximate surface area is 87.5 Å². The van der Waals surface area contributed by atoms with E-state index in [9.17, 15) is 0 Å². The van der Waals surface area contributed by atoms with Gasteiger partial charge in [0.05, 0.1) is 0 Å². The summed E-state index contributed by atoms with van der Waals surface area (Å²) in [6.07, 6.45) is 2.49. The molecule has 1 heteroatoms. The summed E-state index contributed by atoms with van der Waals surface area (Å²) in [5.41, 5.74) is 4.18. The number of hydrogen-bond donors (Lipinski definition) is 1. The van der Waals surface area contributed by atoms with Crippen molar-refractivity contribution in [2.75, 3.05) is 5.32 Å². The van der Waals surface area contributed by atoms with Gasteiger partial charge in [-0.05, 0) is 38.3 Å². The molecule has 14 heavy (non-hydrogen) atoms. The summed E-state index contributed by atoms with van der Waals surface area (Å²) in [4.78, 5) is 0. The van der Waals surface area contributed by atoms with E-state index >= 15 is 0 Å². The van der Waals surface area contributed by atoms with Gasteiger partial charge in [-0.2, -0.15) is 0 Å². The number of nitrogens with one attached hydrogen (secondary N) is 1. The summed E-state index contributed by atoms with van der Waals surface area (Å²) >= 11 is 0. The molecule has 1 heterocycles. The predicted octanol–water partition coefficient (Wildman–Crippen LogP) is 3.77. The van der Waals surface area contributed by atoms with Crippen molar-refractivity contribution in [1.82, 2.24) is 0 Å². The number of anilines is 1. The van der Waals surface area contributed by atoms with E-state index < -0.39 is 0 Å². The summed E-state index contributed by atoms with van der Waals surface area (Å²) < 4.78 is 0. The van der Waals surface area contributed by atoms with Crippen LogP contribution in [-0.2, 0) is 6.42 Å². The fourth-order valence-electron chi connectivity index (χ4n) is 1.78. The van der Waals surface area contributed by atoms with E-state index in [4.69, 9.17) is 0 Å². The zero-order valence-electron chi connectivity index (χ0n) is 9.72. The molecule has 0 radical (unpaired) electrons. The molecule has 0 aromatic heterocycles. The first-order valence-corrected chi connectivity index (χ1v) is 5.62. The Morgan fingerprint density at radius 2 is 2.00 bits per heavy atom.